The van der Waals surface area contributed by atoms with E-state index in [2.05, 4.69) is 31.2 Å². The van der Waals surface area contributed by atoms with Gasteiger partial charge in [-0.25, -0.2) is 8.78 Å². The van der Waals surface area contributed by atoms with Crippen LogP contribution in [0, 0.1) is 48.1 Å². The maximum absolute atomic E-state index is 14.4. The molecule has 0 bridgehead atoms. The van der Waals surface area contributed by atoms with Gasteiger partial charge in [0.1, 0.15) is 0 Å². The molecule has 0 saturated heterocycles. The highest BCUT2D eigenvalue weighted by Gasteiger charge is 2.28. The first kappa shape index (κ1) is 27.6. The largest absolute Gasteiger partial charge is 0.203 e. The number of hydrogen-bond donors (Lipinski definition) is 0. The number of rotatable bonds is 10. The summed E-state index contributed by atoms with van der Waals surface area (Å²) in [7, 11) is 0. The molecule has 3 aliphatic carbocycles. The highest BCUT2D eigenvalue weighted by Crippen LogP contribution is 2.41. The summed E-state index contributed by atoms with van der Waals surface area (Å²) in [5.41, 5.74) is 0.986. The molecule has 2 unspecified atom stereocenters. The van der Waals surface area contributed by atoms with Crippen molar-refractivity contribution >= 4 is 0 Å². The fourth-order valence-corrected chi connectivity index (χ4v) is 7.32. The average Bonchev–Trinajstić information content (AvgIpc) is 2.91. The van der Waals surface area contributed by atoms with Crippen molar-refractivity contribution < 1.29 is 8.78 Å². The molecule has 0 heterocycles. The summed E-state index contributed by atoms with van der Waals surface area (Å²) in [6.45, 7) is 3.94. The molecule has 2 fully saturated rings. The number of halogens is 2. The van der Waals surface area contributed by atoms with E-state index in [0.29, 0.717) is 17.0 Å². The Bertz CT molecular complexity index is 852. The van der Waals surface area contributed by atoms with Gasteiger partial charge in [-0.3, -0.25) is 0 Å². The summed E-state index contributed by atoms with van der Waals surface area (Å²) in [5, 5.41) is 0. The molecule has 36 heavy (non-hydrogen) atoms. The van der Waals surface area contributed by atoms with Crippen molar-refractivity contribution in [2.75, 3.05) is 0 Å². The van der Waals surface area contributed by atoms with E-state index < -0.39 is 11.6 Å². The summed E-state index contributed by atoms with van der Waals surface area (Å²) in [6.07, 6.45) is 30.8. The van der Waals surface area contributed by atoms with E-state index in [9.17, 15) is 8.78 Å². The van der Waals surface area contributed by atoms with Gasteiger partial charge >= 0.3 is 0 Å². The maximum atomic E-state index is 14.4. The Kier molecular flexibility index (Phi) is 10.7. The molecule has 1 aromatic rings. The molecule has 0 radical (unpaired) electrons. The van der Waals surface area contributed by atoms with Gasteiger partial charge in [0.05, 0.1) is 0 Å². The van der Waals surface area contributed by atoms with Crippen molar-refractivity contribution in [2.24, 2.45) is 29.6 Å². The Labute approximate surface area is 220 Å². The van der Waals surface area contributed by atoms with Gasteiger partial charge in [-0.1, -0.05) is 81.9 Å². The van der Waals surface area contributed by atoms with E-state index in [4.69, 9.17) is 0 Å². The molecule has 1 aromatic carbocycles. The Balaban J connectivity index is 1.12. The lowest BCUT2D eigenvalue weighted by atomic mass is 9.71. The molecule has 2 atom stereocenters. The van der Waals surface area contributed by atoms with E-state index in [1.54, 1.807) is 19.1 Å². The minimum Gasteiger partial charge on any atom is -0.203 e. The minimum atomic E-state index is -0.664. The van der Waals surface area contributed by atoms with E-state index in [1.165, 1.54) is 77.0 Å². The van der Waals surface area contributed by atoms with Gasteiger partial charge in [-0.15, -0.1) is 0 Å². The normalized spacial score (nSPS) is 31.2. The monoisotopic (exact) mass is 496 g/mol. The molecule has 200 valence electrons. The van der Waals surface area contributed by atoms with Gasteiger partial charge in [0, 0.05) is 0 Å². The smallest absolute Gasteiger partial charge is 0.162 e. The standard InChI is InChI=1S/C34H50F2/c1-3-4-5-8-26-12-18-29(19-13-26)30-20-14-27(15-21-30)9-6-7-10-28-16-22-31(23-17-28)32-24-11-25(2)33(35)34(32)36/h7,10-11,14,20,24,26-31H,3-6,8-9,12-13,15-19,21-23H2,1-2H3/b10-7+. The summed E-state index contributed by atoms with van der Waals surface area (Å²) in [5.74, 6) is 3.05. The Morgan fingerprint density at radius 3 is 2.28 bits per heavy atom. The molecular formula is C34H50F2. The number of allylic oxidation sites excluding steroid dienone is 4. The lowest BCUT2D eigenvalue weighted by Crippen LogP contribution is -2.23. The molecule has 2 heteroatoms. The van der Waals surface area contributed by atoms with Crippen molar-refractivity contribution in [3.8, 4) is 0 Å². The molecule has 4 rings (SSSR count). The van der Waals surface area contributed by atoms with Crippen LogP contribution >= 0.6 is 0 Å². The molecule has 0 spiro atoms. The Morgan fingerprint density at radius 1 is 0.806 bits per heavy atom. The molecule has 2 saturated carbocycles. The summed E-state index contributed by atoms with van der Waals surface area (Å²) < 4.78 is 28.3. The third-order valence-corrected chi connectivity index (χ3v) is 9.84. The Morgan fingerprint density at radius 2 is 1.58 bits per heavy atom. The first-order valence-corrected chi connectivity index (χ1v) is 15.3. The van der Waals surface area contributed by atoms with Gasteiger partial charge in [0.2, 0.25) is 0 Å². The van der Waals surface area contributed by atoms with Gasteiger partial charge in [-0.2, -0.15) is 0 Å². The SMILES string of the molecule is CCCCCC1CCC(C2C=CC(CC/C=C/C3CCC(c4ccc(C)c(F)c4F)CC3)CC2)CC1. The second-order valence-corrected chi connectivity index (χ2v) is 12.4. The molecule has 0 aromatic heterocycles. The fourth-order valence-electron chi connectivity index (χ4n) is 7.32. The van der Waals surface area contributed by atoms with Gasteiger partial charge in [0.15, 0.2) is 11.6 Å². The first-order chi connectivity index (χ1) is 17.5. The van der Waals surface area contributed by atoms with Crippen molar-refractivity contribution in [3.63, 3.8) is 0 Å². The lowest BCUT2D eigenvalue weighted by Gasteiger charge is -2.35. The number of benzene rings is 1. The summed E-state index contributed by atoms with van der Waals surface area (Å²) >= 11 is 0. The summed E-state index contributed by atoms with van der Waals surface area (Å²) in [4.78, 5) is 0. The lowest BCUT2D eigenvalue weighted by molar-refractivity contribution is 0.203. The van der Waals surface area contributed by atoms with Crippen molar-refractivity contribution in [1.82, 2.24) is 0 Å². The van der Waals surface area contributed by atoms with Crippen molar-refractivity contribution in [2.45, 2.75) is 122 Å². The predicted octanol–water partition coefficient (Wildman–Crippen LogP) is 10.9. The highest BCUT2D eigenvalue weighted by molar-refractivity contribution is 5.28. The van der Waals surface area contributed by atoms with Crippen LogP contribution in [0.2, 0.25) is 0 Å². The molecule has 0 N–H and O–H groups in total. The number of aryl methyl sites for hydroxylation is 1. The maximum Gasteiger partial charge on any atom is 0.162 e. The van der Waals surface area contributed by atoms with Crippen LogP contribution in [0.5, 0.6) is 0 Å². The average molecular weight is 497 g/mol. The van der Waals surface area contributed by atoms with Gasteiger partial charge < -0.3 is 0 Å². The van der Waals surface area contributed by atoms with Crippen LogP contribution in [0.3, 0.4) is 0 Å². The molecule has 0 nitrogen and oxygen atoms in total. The van der Waals surface area contributed by atoms with Crippen LogP contribution in [0.15, 0.2) is 36.4 Å². The van der Waals surface area contributed by atoms with Gasteiger partial charge in [0.25, 0.3) is 0 Å². The zero-order valence-electron chi connectivity index (χ0n) is 23.0. The van der Waals surface area contributed by atoms with Gasteiger partial charge in [-0.05, 0) is 118 Å². The van der Waals surface area contributed by atoms with E-state index in [-0.39, 0.29) is 5.92 Å². The highest BCUT2D eigenvalue weighted by atomic mass is 19.2. The van der Waals surface area contributed by atoms with Crippen LogP contribution in [0.1, 0.15) is 127 Å². The van der Waals surface area contributed by atoms with Crippen molar-refractivity contribution in [1.29, 1.82) is 0 Å². The molecule has 0 amide bonds. The minimum absolute atomic E-state index is 0.168. The van der Waals surface area contributed by atoms with E-state index in [0.717, 1.165) is 49.4 Å². The Hall–Kier alpha value is -1.44. The topological polar surface area (TPSA) is 0 Å². The first-order valence-electron chi connectivity index (χ1n) is 15.3. The molecular weight excluding hydrogens is 446 g/mol. The van der Waals surface area contributed by atoms with Crippen molar-refractivity contribution in [3.05, 3.63) is 59.2 Å². The predicted molar refractivity (Wildman–Crippen MR) is 149 cm³/mol. The zero-order chi connectivity index (χ0) is 25.3. The summed E-state index contributed by atoms with van der Waals surface area (Å²) in [6, 6.07) is 3.53. The van der Waals surface area contributed by atoms with E-state index in [1.807, 2.05) is 0 Å². The molecule has 0 aliphatic heterocycles. The second kappa shape index (κ2) is 13.9. The fraction of sp³-hybridized carbons (Fsp3) is 0.706. The van der Waals surface area contributed by atoms with E-state index >= 15 is 0 Å². The number of hydrogen-bond acceptors (Lipinski definition) is 0. The number of unbranched alkanes of at least 4 members (excludes halogenated alkanes) is 2. The second-order valence-electron chi connectivity index (χ2n) is 12.4. The van der Waals surface area contributed by atoms with Crippen LogP contribution < -0.4 is 0 Å². The molecule has 3 aliphatic rings. The van der Waals surface area contributed by atoms with Crippen LogP contribution in [-0.2, 0) is 0 Å². The third-order valence-electron chi connectivity index (χ3n) is 9.84. The van der Waals surface area contributed by atoms with Crippen LogP contribution in [0.4, 0.5) is 8.78 Å². The third kappa shape index (κ3) is 7.55. The quantitative estimate of drug-likeness (QED) is 0.223. The van der Waals surface area contributed by atoms with Crippen LogP contribution in [-0.4, -0.2) is 0 Å². The van der Waals surface area contributed by atoms with Crippen LogP contribution in [0.25, 0.3) is 0 Å². The zero-order valence-corrected chi connectivity index (χ0v) is 23.0.